The van der Waals surface area contributed by atoms with Crippen molar-refractivity contribution in [1.29, 1.82) is 0 Å². The van der Waals surface area contributed by atoms with Crippen LogP contribution in [0, 0.1) is 0 Å². The molecule has 1 aromatic rings. The molecule has 4 nitrogen and oxygen atoms in total. The number of rotatable bonds is 6. The van der Waals surface area contributed by atoms with Crippen LogP contribution < -0.4 is 5.32 Å². The summed E-state index contributed by atoms with van der Waals surface area (Å²) < 4.78 is 0. The Kier molecular flexibility index (Phi) is 5.75. The number of Topliss-reactive ketones (excluding diaryl/α,β-unsaturated/α-hetero) is 1. The van der Waals surface area contributed by atoms with E-state index in [-0.39, 0.29) is 5.78 Å². The third kappa shape index (κ3) is 3.78. The Balaban J connectivity index is 2.83. The monoisotopic (exact) mass is 271 g/mol. The highest BCUT2D eigenvalue weighted by atomic mass is 35.5. The molecule has 0 bridgehead atoms. The van der Waals surface area contributed by atoms with Gasteiger partial charge in [-0.15, -0.1) is 0 Å². The zero-order chi connectivity index (χ0) is 13.7. The van der Waals surface area contributed by atoms with Crippen LogP contribution in [0.25, 0.3) is 0 Å². The van der Waals surface area contributed by atoms with Gasteiger partial charge in [0, 0.05) is 5.56 Å². The molecular weight excluding hydrogens is 254 g/mol. The number of ketones is 1. The number of carbonyl (C=O) groups excluding carboxylic acids is 1. The summed E-state index contributed by atoms with van der Waals surface area (Å²) in [6, 6.07) is 4.69. The van der Waals surface area contributed by atoms with E-state index in [1.807, 2.05) is 0 Å². The molecule has 0 fully saturated rings. The highest BCUT2D eigenvalue weighted by Gasteiger charge is 2.19. The van der Waals surface area contributed by atoms with Gasteiger partial charge in [0.25, 0.3) is 0 Å². The quantitative estimate of drug-likeness (QED) is 0.687. The van der Waals surface area contributed by atoms with Gasteiger partial charge in [-0.2, -0.15) is 0 Å². The standard InChI is InChI=1S/C13H18ClNO3/c1-8(16)10-4-3-9(7-11(10)14)13(18)12(17)5-6-15-2/h3-4,7,12-13,15,17-18H,5-6H2,1-2H3. The van der Waals surface area contributed by atoms with Crippen molar-refractivity contribution in [2.45, 2.75) is 25.6 Å². The highest BCUT2D eigenvalue weighted by Crippen LogP contribution is 2.25. The molecule has 0 saturated carbocycles. The Morgan fingerprint density at radius 1 is 1.44 bits per heavy atom. The lowest BCUT2D eigenvalue weighted by Crippen LogP contribution is -2.23. The smallest absolute Gasteiger partial charge is 0.161 e. The van der Waals surface area contributed by atoms with E-state index >= 15 is 0 Å². The molecule has 1 rings (SSSR count). The van der Waals surface area contributed by atoms with E-state index < -0.39 is 12.2 Å². The van der Waals surface area contributed by atoms with Crippen LogP contribution >= 0.6 is 11.6 Å². The second-order valence-corrected chi connectivity index (χ2v) is 4.61. The topological polar surface area (TPSA) is 69.6 Å². The SMILES string of the molecule is CNCCC(O)C(O)c1ccc(C(C)=O)c(Cl)c1. The summed E-state index contributed by atoms with van der Waals surface area (Å²) in [5.74, 6) is -0.128. The van der Waals surface area contributed by atoms with Gasteiger partial charge in [0.15, 0.2) is 5.78 Å². The summed E-state index contributed by atoms with van der Waals surface area (Å²) in [5.41, 5.74) is 0.922. The minimum Gasteiger partial charge on any atom is -0.390 e. The van der Waals surface area contributed by atoms with E-state index in [0.717, 1.165) is 0 Å². The van der Waals surface area contributed by atoms with Crippen molar-refractivity contribution in [1.82, 2.24) is 5.32 Å². The number of aliphatic hydroxyl groups is 2. The first kappa shape index (κ1) is 15.1. The molecule has 0 radical (unpaired) electrons. The first-order valence-corrected chi connectivity index (χ1v) is 6.16. The molecule has 1 aromatic carbocycles. The predicted octanol–water partition coefficient (Wildman–Crippen LogP) is 1.55. The molecule has 18 heavy (non-hydrogen) atoms. The summed E-state index contributed by atoms with van der Waals surface area (Å²) in [5, 5.41) is 22.9. The summed E-state index contributed by atoms with van der Waals surface area (Å²) in [7, 11) is 1.78. The molecule has 0 aliphatic heterocycles. The van der Waals surface area contributed by atoms with Crippen molar-refractivity contribution in [3.63, 3.8) is 0 Å². The summed E-state index contributed by atoms with van der Waals surface area (Å²) in [6.07, 6.45) is -1.43. The Hall–Kier alpha value is -0.940. The van der Waals surface area contributed by atoms with Crippen molar-refractivity contribution < 1.29 is 15.0 Å². The molecule has 0 aromatic heterocycles. The molecular formula is C13H18ClNO3. The summed E-state index contributed by atoms with van der Waals surface area (Å²) in [6.45, 7) is 2.04. The fraction of sp³-hybridized carbons (Fsp3) is 0.462. The Morgan fingerprint density at radius 3 is 2.61 bits per heavy atom. The van der Waals surface area contributed by atoms with Crippen LogP contribution in [0.15, 0.2) is 18.2 Å². The molecule has 2 unspecified atom stereocenters. The summed E-state index contributed by atoms with van der Waals surface area (Å²) in [4.78, 5) is 11.2. The highest BCUT2D eigenvalue weighted by molar-refractivity contribution is 6.33. The molecule has 100 valence electrons. The zero-order valence-electron chi connectivity index (χ0n) is 10.5. The van der Waals surface area contributed by atoms with Gasteiger partial charge in [-0.3, -0.25) is 4.79 Å². The number of hydrogen-bond donors (Lipinski definition) is 3. The number of carbonyl (C=O) groups is 1. The molecule has 5 heteroatoms. The number of aliphatic hydroxyl groups excluding tert-OH is 2. The Morgan fingerprint density at radius 2 is 2.11 bits per heavy atom. The van der Waals surface area contributed by atoms with E-state index in [9.17, 15) is 15.0 Å². The predicted molar refractivity (Wildman–Crippen MR) is 71.0 cm³/mol. The lowest BCUT2D eigenvalue weighted by Gasteiger charge is -2.18. The average molecular weight is 272 g/mol. The van der Waals surface area contributed by atoms with E-state index in [0.29, 0.717) is 29.1 Å². The van der Waals surface area contributed by atoms with E-state index in [4.69, 9.17) is 11.6 Å². The van der Waals surface area contributed by atoms with Crippen molar-refractivity contribution in [2.75, 3.05) is 13.6 Å². The fourth-order valence-electron chi connectivity index (χ4n) is 1.67. The second kappa shape index (κ2) is 6.85. The Bertz CT molecular complexity index is 423. The third-order valence-corrected chi connectivity index (χ3v) is 3.08. The lowest BCUT2D eigenvalue weighted by atomic mass is 10.00. The first-order chi connectivity index (χ1) is 8.47. The van der Waals surface area contributed by atoms with Crippen LogP contribution in [0.5, 0.6) is 0 Å². The van der Waals surface area contributed by atoms with Gasteiger partial charge in [-0.05, 0) is 44.6 Å². The van der Waals surface area contributed by atoms with Gasteiger partial charge >= 0.3 is 0 Å². The minimum absolute atomic E-state index is 0.128. The summed E-state index contributed by atoms with van der Waals surface area (Å²) >= 11 is 5.95. The van der Waals surface area contributed by atoms with Gasteiger partial charge < -0.3 is 15.5 Å². The third-order valence-electron chi connectivity index (χ3n) is 2.77. The maximum atomic E-state index is 11.2. The van der Waals surface area contributed by atoms with Gasteiger partial charge in [-0.25, -0.2) is 0 Å². The number of nitrogens with one attached hydrogen (secondary N) is 1. The molecule has 0 saturated heterocycles. The van der Waals surface area contributed by atoms with Crippen molar-refractivity contribution >= 4 is 17.4 Å². The molecule has 0 aliphatic carbocycles. The number of benzene rings is 1. The van der Waals surface area contributed by atoms with E-state index in [1.54, 1.807) is 19.2 Å². The molecule has 0 heterocycles. The maximum Gasteiger partial charge on any atom is 0.161 e. The lowest BCUT2D eigenvalue weighted by molar-refractivity contribution is 0.0140. The van der Waals surface area contributed by atoms with Crippen molar-refractivity contribution in [2.24, 2.45) is 0 Å². The normalized spacial score (nSPS) is 14.3. The molecule has 2 atom stereocenters. The Labute approximate surface area is 112 Å². The molecule has 0 amide bonds. The van der Waals surface area contributed by atoms with Crippen LogP contribution in [0.2, 0.25) is 5.02 Å². The fourth-order valence-corrected chi connectivity index (χ4v) is 2.00. The van der Waals surface area contributed by atoms with Crippen molar-refractivity contribution in [3.8, 4) is 0 Å². The maximum absolute atomic E-state index is 11.2. The average Bonchev–Trinajstić information content (AvgIpc) is 2.34. The van der Waals surface area contributed by atoms with Gasteiger partial charge in [0.2, 0.25) is 0 Å². The van der Waals surface area contributed by atoms with Gasteiger partial charge in [0.1, 0.15) is 6.10 Å². The van der Waals surface area contributed by atoms with Crippen LogP contribution in [-0.4, -0.2) is 35.7 Å². The largest absolute Gasteiger partial charge is 0.390 e. The number of halogens is 1. The second-order valence-electron chi connectivity index (χ2n) is 4.20. The molecule has 3 N–H and O–H groups in total. The molecule has 0 spiro atoms. The number of hydrogen-bond acceptors (Lipinski definition) is 4. The van der Waals surface area contributed by atoms with Crippen LogP contribution in [0.3, 0.4) is 0 Å². The van der Waals surface area contributed by atoms with E-state index in [1.165, 1.54) is 13.0 Å². The van der Waals surface area contributed by atoms with Crippen LogP contribution in [0.4, 0.5) is 0 Å². The van der Waals surface area contributed by atoms with Crippen molar-refractivity contribution in [3.05, 3.63) is 34.3 Å². The molecule has 0 aliphatic rings. The van der Waals surface area contributed by atoms with Gasteiger partial charge in [0.05, 0.1) is 11.1 Å². The van der Waals surface area contributed by atoms with Crippen LogP contribution in [0.1, 0.15) is 35.4 Å². The van der Waals surface area contributed by atoms with Gasteiger partial charge in [-0.1, -0.05) is 17.7 Å². The van der Waals surface area contributed by atoms with E-state index in [2.05, 4.69) is 5.32 Å². The minimum atomic E-state index is -1.00. The zero-order valence-corrected chi connectivity index (χ0v) is 11.2. The van der Waals surface area contributed by atoms with Crippen LogP contribution in [-0.2, 0) is 0 Å². The first-order valence-electron chi connectivity index (χ1n) is 5.78.